The van der Waals surface area contributed by atoms with Crippen molar-refractivity contribution in [3.63, 3.8) is 0 Å². The molecule has 0 bridgehead atoms. The van der Waals surface area contributed by atoms with Crippen molar-refractivity contribution in [3.8, 4) is 11.5 Å². The number of hydrogen-bond acceptors (Lipinski definition) is 4. The first kappa shape index (κ1) is 16.3. The molecule has 0 saturated heterocycles. The predicted octanol–water partition coefficient (Wildman–Crippen LogP) is 2.85. The van der Waals surface area contributed by atoms with Crippen LogP contribution < -0.4 is 9.47 Å². The van der Waals surface area contributed by atoms with Gasteiger partial charge in [-0.2, -0.15) is 0 Å². The van der Waals surface area contributed by atoms with E-state index in [4.69, 9.17) is 9.47 Å². The summed E-state index contributed by atoms with van der Waals surface area (Å²) in [5.74, 6) is -0.252. The first-order chi connectivity index (χ1) is 11.6. The third-order valence-electron chi connectivity index (χ3n) is 4.05. The zero-order valence-electron chi connectivity index (χ0n) is 13.2. The van der Waals surface area contributed by atoms with Crippen molar-refractivity contribution in [2.75, 3.05) is 20.3 Å². The smallest absolute Gasteiger partial charge is 0.325 e. The van der Waals surface area contributed by atoms with E-state index in [1.807, 2.05) is 0 Å². The molecular formula is C18H18FNO4. The topological polar surface area (TPSA) is 59.0 Å². The van der Waals surface area contributed by atoms with Crippen molar-refractivity contribution in [1.29, 1.82) is 0 Å². The lowest BCUT2D eigenvalue weighted by Crippen LogP contribution is -2.35. The molecule has 1 aliphatic rings. The SMILES string of the molecule is COc1cccc(C(C(=O)O)N2CCOc3cc(F)ccc3C2)c1. The van der Waals surface area contributed by atoms with Gasteiger partial charge in [0.05, 0.1) is 7.11 Å². The lowest BCUT2D eigenvalue weighted by molar-refractivity contribution is -0.144. The molecule has 5 nitrogen and oxygen atoms in total. The van der Waals surface area contributed by atoms with Crippen LogP contribution in [-0.2, 0) is 11.3 Å². The Morgan fingerprint density at radius 3 is 2.92 bits per heavy atom. The molecule has 6 heteroatoms. The van der Waals surface area contributed by atoms with Gasteiger partial charge in [0, 0.05) is 24.7 Å². The van der Waals surface area contributed by atoms with Crippen molar-refractivity contribution in [3.05, 3.63) is 59.4 Å². The minimum atomic E-state index is -0.950. The van der Waals surface area contributed by atoms with Gasteiger partial charge in [-0.15, -0.1) is 0 Å². The number of benzene rings is 2. The summed E-state index contributed by atoms with van der Waals surface area (Å²) >= 11 is 0. The highest BCUT2D eigenvalue weighted by Gasteiger charge is 2.30. The minimum Gasteiger partial charge on any atom is -0.497 e. The van der Waals surface area contributed by atoms with Gasteiger partial charge in [0.25, 0.3) is 0 Å². The van der Waals surface area contributed by atoms with Crippen molar-refractivity contribution < 1.29 is 23.8 Å². The van der Waals surface area contributed by atoms with Crippen LogP contribution in [0.5, 0.6) is 11.5 Å². The summed E-state index contributed by atoms with van der Waals surface area (Å²) < 4.78 is 24.1. The molecule has 3 rings (SSSR count). The quantitative estimate of drug-likeness (QED) is 0.933. The van der Waals surface area contributed by atoms with Crippen molar-refractivity contribution in [2.45, 2.75) is 12.6 Å². The number of hydrogen-bond donors (Lipinski definition) is 1. The number of carboxylic acids is 1. The summed E-state index contributed by atoms with van der Waals surface area (Å²) in [6.07, 6.45) is 0. The van der Waals surface area contributed by atoms with Crippen LogP contribution in [0.2, 0.25) is 0 Å². The molecule has 1 N–H and O–H groups in total. The van der Waals surface area contributed by atoms with Crippen LogP contribution in [-0.4, -0.2) is 36.2 Å². The number of fused-ring (bicyclic) bond motifs is 1. The Bertz CT molecular complexity index is 750. The fourth-order valence-electron chi connectivity index (χ4n) is 2.91. The molecule has 0 aliphatic carbocycles. The number of halogens is 1. The van der Waals surface area contributed by atoms with Crippen LogP contribution in [0.1, 0.15) is 17.2 Å². The van der Waals surface area contributed by atoms with Crippen molar-refractivity contribution in [2.24, 2.45) is 0 Å². The first-order valence-corrected chi connectivity index (χ1v) is 7.60. The third-order valence-corrected chi connectivity index (χ3v) is 4.05. The van der Waals surface area contributed by atoms with E-state index in [0.29, 0.717) is 36.8 Å². The van der Waals surface area contributed by atoms with Crippen LogP contribution in [0.15, 0.2) is 42.5 Å². The molecule has 24 heavy (non-hydrogen) atoms. The van der Waals surface area contributed by atoms with Crippen molar-refractivity contribution >= 4 is 5.97 Å². The number of aliphatic carboxylic acids is 1. The van der Waals surface area contributed by atoms with Gasteiger partial charge < -0.3 is 14.6 Å². The average Bonchev–Trinajstić information content (AvgIpc) is 2.76. The van der Waals surface area contributed by atoms with E-state index in [0.717, 1.165) is 5.56 Å². The molecule has 2 aromatic rings. The van der Waals surface area contributed by atoms with Gasteiger partial charge in [-0.25, -0.2) is 4.39 Å². The number of methoxy groups -OCH3 is 1. The second-order valence-electron chi connectivity index (χ2n) is 5.59. The Balaban J connectivity index is 1.93. The van der Waals surface area contributed by atoms with Gasteiger partial charge in [-0.05, 0) is 23.8 Å². The normalized spacial score (nSPS) is 15.8. The zero-order chi connectivity index (χ0) is 17.1. The Morgan fingerprint density at radius 1 is 1.33 bits per heavy atom. The van der Waals surface area contributed by atoms with E-state index in [1.165, 1.54) is 12.1 Å². The van der Waals surface area contributed by atoms with Gasteiger partial charge in [0.15, 0.2) is 0 Å². The summed E-state index contributed by atoms with van der Waals surface area (Å²) in [4.78, 5) is 13.7. The van der Waals surface area contributed by atoms with Gasteiger partial charge in [-0.1, -0.05) is 18.2 Å². The number of nitrogens with zero attached hydrogens (tertiary/aromatic N) is 1. The molecule has 1 aliphatic heterocycles. The van der Waals surface area contributed by atoms with Crippen LogP contribution >= 0.6 is 0 Å². The summed E-state index contributed by atoms with van der Waals surface area (Å²) in [5.41, 5.74) is 1.40. The maximum absolute atomic E-state index is 13.4. The summed E-state index contributed by atoms with van der Waals surface area (Å²) in [7, 11) is 1.54. The van der Waals surface area contributed by atoms with Gasteiger partial charge in [-0.3, -0.25) is 9.69 Å². The van der Waals surface area contributed by atoms with Crippen LogP contribution in [0.25, 0.3) is 0 Å². The maximum atomic E-state index is 13.4. The predicted molar refractivity (Wildman–Crippen MR) is 85.7 cm³/mol. The highest BCUT2D eigenvalue weighted by atomic mass is 19.1. The van der Waals surface area contributed by atoms with Crippen LogP contribution in [0.3, 0.4) is 0 Å². The average molecular weight is 331 g/mol. The fraction of sp³-hybridized carbons (Fsp3) is 0.278. The molecule has 126 valence electrons. The third kappa shape index (κ3) is 3.33. The Labute approximate surface area is 139 Å². The summed E-state index contributed by atoms with van der Waals surface area (Å²) in [6.45, 7) is 1.08. The standard InChI is InChI=1S/C18H18FNO4/c1-23-15-4-2-3-12(9-15)17(18(21)22)20-7-8-24-16-10-14(19)6-5-13(16)11-20/h2-6,9-10,17H,7-8,11H2,1H3,(H,21,22). The highest BCUT2D eigenvalue weighted by Crippen LogP contribution is 2.30. The van der Waals surface area contributed by atoms with Gasteiger partial charge >= 0.3 is 5.97 Å². The van der Waals surface area contributed by atoms with Crippen LogP contribution in [0.4, 0.5) is 4.39 Å². The molecule has 0 amide bonds. The van der Waals surface area contributed by atoms with Crippen LogP contribution in [0, 0.1) is 5.82 Å². The second-order valence-corrected chi connectivity index (χ2v) is 5.59. The Kier molecular flexibility index (Phi) is 4.66. The second kappa shape index (κ2) is 6.88. The lowest BCUT2D eigenvalue weighted by Gasteiger charge is -2.27. The number of ether oxygens (including phenoxy) is 2. The molecule has 1 atom stereocenters. The van der Waals surface area contributed by atoms with Crippen molar-refractivity contribution in [1.82, 2.24) is 4.90 Å². The van der Waals surface area contributed by atoms with E-state index in [9.17, 15) is 14.3 Å². The first-order valence-electron chi connectivity index (χ1n) is 7.60. The maximum Gasteiger partial charge on any atom is 0.325 e. The van der Waals surface area contributed by atoms with E-state index < -0.39 is 12.0 Å². The number of carboxylic acid groups (broad SMARTS) is 1. The molecule has 2 aromatic carbocycles. The Hall–Kier alpha value is -2.60. The van der Waals surface area contributed by atoms with E-state index in [-0.39, 0.29) is 5.82 Å². The molecule has 0 radical (unpaired) electrons. The van der Waals surface area contributed by atoms with E-state index >= 15 is 0 Å². The molecule has 0 spiro atoms. The summed E-state index contributed by atoms with van der Waals surface area (Å²) in [6, 6.07) is 10.5. The van der Waals surface area contributed by atoms with E-state index in [1.54, 1.807) is 42.3 Å². The number of rotatable bonds is 4. The fourth-order valence-corrected chi connectivity index (χ4v) is 2.91. The molecular weight excluding hydrogens is 313 g/mol. The molecule has 0 saturated carbocycles. The van der Waals surface area contributed by atoms with E-state index in [2.05, 4.69) is 0 Å². The molecule has 1 unspecified atom stereocenters. The highest BCUT2D eigenvalue weighted by molar-refractivity contribution is 5.75. The number of carbonyl (C=O) groups is 1. The molecule has 0 fully saturated rings. The molecule has 1 heterocycles. The summed E-state index contributed by atoms with van der Waals surface area (Å²) in [5, 5.41) is 9.74. The largest absolute Gasteiger partial charge is 0.497 e. The zero-order valence-corrected chi connectivity index (χ0v) is 13.2. The minimum absolute atomic E-state index is 0.296. The van der Waals surface area contributed by atoms with Gasteiger partial charge in [0.2, 0.25) is 0 Å². The monoisotopic (exact) mass is 331 g/mol. The van der Waals surface area contributed by atoms with Gasteiger partial charge in [0.1, 0.15) is 30.0 Å². The molecule has 0 aromatic heterocycles. The lowest BCUT2D eigenvalue weighted by atomic mass is 10.0. The Morgan fingerprint density at radius 2 is 2.17 bits per heavy atom.